The summed E-state index contributed by atoms with van der Waals surface area (Å²) in [7, 11) is 7.92. The van der Waals surface area contributed by atoms with E-state index >= 15 is 0 Å². The summed E-state index contributed by atoms with van der Waals surface area (Å²) in [4.78, 5) is 12.9. The molecule has 4 rings (SSSR count). The normalized spacial score (nSPS) is 11.1. The maximum absolute atomic E-state index is 11.4. The van der Waals surface area contributed by atoms with Crippen molar-refractivity contribution >= 4 is 28.0 Å². The van der Waals surface area contributed by atoms with E-state index in [-0.39, 0.29) is 11.4 Å². The lowest BCUT2D eigenvalue weighted by Gasteiger charge is -2.19. The minimum atomic E-state index is -0.449. The van der Waals surface area contributed by atoms with E-state index in [1.54, 1.807) is 6.07 Å². The predicted molar refractivity (Wildman–Crippen MR) is 126 cm³/mol. The molecule has 158 valence electrons. The summed E-state index contributed by atoms with van der Waals surface area (Å²) in [6.45, 7) is 1.82. The second kappa shape index (κ2) is 7.43. The zero-order valence-electron chi connectivity index (χ0n) is 18.3. The van der Waals surface area contributed by atoms with Gasteiger partial charge < -0.3 is 15.1 Å². The first-order chi connectivity index (χ1) is 14.7. The quantitative estimate of drug-likeness (QED) is 0.178. The molecule has 0 aromatic heterocycles. The fraction of sp³-hybridized carbons (Fsp3) is 0.208. The van der Waals surface area contributed by atoms with Crippen molar-refractivity contribution in [2.45, 2.75) is 6.92 Å². The molecule has 0 spiro atoms. The Balaban J connectivity index is 2.16. The van der Waals surface area contributed by atoms with Gasteiger partial charge in [-0.15, -0.1) is 0 Å². The summed E-state index contributed by atoms with van der Waals surface area (Å²) in [6.07, 6.45) is 0. The van der Waals surface area contributed by atoms with E-state index in [1.807, 2.05) is 81.0 Å². The molecule has 7 heteroatoms. The third-order valence-corrected chi connectivity index (χ3v) is 5.68. The third kappa shape index (κ3) is 3.38. The summed E-state index contributed by atoms with van der Waals surface area (Å²) in [5, 5.41) is 13.3. The van der Waals surface area contributed by atoms with Crippen LogP contribution in [0.25, 0.3) is 33.4 Å². The van der Waals surface area contributed by atoms with Crippen LogP contribution < -0.4 is 20.6 Å². The lowest BCUT2D eigenvalue weighted by Crippen LogP contribution is -2.21. The standard InChI is InChI=1S/C24H25N4O3/c1-14-17(10-11-20(24(14)25)28(29)30)23-18-8-6-15(26(2)3)12-21(18)31-22-13-16(27(4)5)7-9-19(22)23/h6-13H,25H2,1-5H3/q+1. The molecule has 0 amide bonds. The molecular formula is C24H25N4O3+. The smallest absolute Gasteiger partial charge is 0.292 e. The summed E-state index contributed by atoms with van der Waals surface area (Å²) in [6, 6.07) is 15.4. The Kier molecular flexibility index (Phi) is 4.89. The molecule has 0 atom stereocenters. The molecule has 2 aromatic carbocycles. The average Bonchev–Trinajstić information content (AvgIpc) is 2.73. The number of nitrogen functional groups attached to an aromatic ring is 1. The van der Waals surface area contributed by atoms with Gasteiger partial charge in [-0.1, -0.05) is 0 Å². The van der Waals surface area contributed by atoms with Crippen molar-refractivity contribution in [2.75, 3.05) is 38.8 Å². The lowest BCUT2D eigenvalue weighted by molar-refractivity contribution is -0.383. The van der Waals surface area contributed by atoms with Gasteiger partial charge in [-0.2, -0.15) is 0 Å². The highest BCUT2D eigenvalue weighted by Gasteiger charge is 2.23. The Morgan fingerprint density at radius 2 is 1.71 bits per heavy atom. The third-order valence-electron chi connectivity index (χ3n) is 5.68. The summed E-state index contributed by atoms with van der Waals surface area (Å²) < 4.78 is 8.35. The zero-order chi connectivity index (χ0) is 22.4. The van der Waals surface area contributed by atoms with Gasteiger partial charge in [0.2, 0.25) is 5.36 Å². The summed E-state index contributed by atoms with van der Waals surface area (Å²) >= 11 is 0. The number of benzene rings is 3. The molecule has 0 radical (unpaired) electrons. The van der Waals surface area contributed by atoms with E-state index in [1.165, 1.54) is 6.07 Å². The highest BCUT2D eigenvalue weighted by molar-refractivity contribution is 6.04. The molecule has 2 aliphatic rings. The number of nitro groups is 1. The number of anilines is 2. The lowest BCUT2D eigenvalue weighted by atomic mass is 9.90. The van der Waals surface area contributed by atoms with Gasteiger partial charge in [0.25, 0.3) is 5.69 Å². The minimum Gasteiger partial charge on any atom is -0.456 e. The van der Waals surface area contributed by atoms with Gasteiger partial charge in [0.1, 0.15) is 31.1 Å². The molecule has 2 aromatic rings. The van der Waals surface area contributed by atoms with E-state index in [0.29, 0.717) is 5.56 Å². The summed E-state index contributed by atoms with van der Waals surface area (Å²) in [5.74, 6) is 0.737. The van der Waals surface area contributed by atoms with Gasteiger partial charge in [-0.25, -0.2) is 4.58 Å². The van der Waals surface area contributed by atoms with Gasteiger partial charge in [0.05, 0.1) is 11.0 Å². The topological polar surface area (TPSA) is 88.5 Å². The molecule has 0 bridgehead atoms. The van der Waals surface area contributed by atoms with Gasteiger partial charge in [-0.3, -0.25) is 10.1 Å². The second-order valence-electron chi connectivity index (χ2n) is 8.05. The van der Waals surface area contributed by atoms with Crippen LogP contribution in [0.3, 0.4) is 0 Å². The predicted octanol–water partition coefficient (Wildman–Crippen LogP) is 4.10. The molecule has 31 heavy (non-hydrogen) atoms. The number of rotatable bonds is 3. The minimum absolute atomic E-state index is 0.0831. The number of nitrogens with two attached hydrogens (primary N) is 1. The van der Waals surface area contributed by atoms with Crippen LogP contribution in [0.1, 0.15) is 5.56 Å². The van der Waals surface area contributed by atoms with Crippen molar-refractivity contribution in [1.29, 1.82) is 0 Å². The molecule has 0 fully saturated rings. The molecule has 0 saturated heterocycles. The Hall–Kier alpha value is -3.87. The van der Waals surface area contributed by atoms with Crippen LogP contribution in [0.15, 0.2) is 52.9 Å². The van der Waals surface area contributed by atoms with Crippen molar-refractivity contribution in [3.63, 3.8) is 0 Å². The molecule has 1 aliphatic heterocycles. The highest BCUT2D eigenvalue weighted by atomic mass is 16.6. The average molecular weight is 417 g/mol. The first-order valence-corrected chi connectivity index (χ1v) is 9.91. The van der Waals surface area contributed by atoms with Crippen LogP contribution >= 0.6 is 0 Å². The Bertz CT molecular complexity index is 1380. The molecule has 2 N–H and O–H groups in total. The van der Waals surface area contributed by atoms with Crippen LogP contribution in [0.5, 0.6) is 0 Å². The number of nitro benzene ring substituents is 1. The van der Waals surface area contributed by atoms with E-state index in [0.717, 1.165) is 44.5 Å². The van der Waals surface area contributed by atoms with Crippen LogP contribution in [-0.2, 0) is 0 Å². The highest BCUT2D eigenvalue weighted by Crippen LogP contribution is 2.44. The first-order valence-electron chi connectivity index (χ1n) is 9.91. The molecular weight excluding hydrogens is 392 g/mol. The van der Waals surface area contributed by atoms with Gasteiger partial charge >= 0.3 is 0 Å². The fourth-order valence-electron chi connectivity index (χ4n) is 3.86. The number of nitrogens with zero attached hydrogens (tertiary/aromatic N) is 3. The monoisotopic (exact) mass is 417 g/mol. The SMILES string of the molecule is Cc1c(-c2c3ccc(=[N+](C)C)cc-3oc3cc(N(C)C)ccc23)ccc([N+](=O)[O-])c1N. The van der Waals surface area contributed by atoms with Gasteiger partial charge in [-0.05, 0) is 42.3 Å². The molecule has 1 aliphatic carbocycles. The fourth-order valence-corrected chi connectivity index (χ4v) is 3.86. The van der Waals surface area contributed by atoms with E-state index < -0.39 is 4.92 Å². The van der Waals surface area contributed by atoms with Crippen molar-refractivity contribution in [2.24, 2.45) is 0 Å². The maximum Gasteiger partial charge on any atom is 0.292 e. The summed E-state index contributed by atoms with van der Waals surface area (Å²) in [5.41, 5.74) is 11.4. The Morgan fingerprint density at radius 3 is 2.35 bits per heavy atom. The number of hydrogen-bond acceptors (Lipinski definition) is 5. The van der Waals surface area contributed by atoms with Crippen LogP contribution in [-0.4, -0.2) is 33.1 Å². The van der Waals surface area contributed by atoms with Crippen LogP contribution in [0.4, 0.5) is 17.1 Å². The van der Waals surface area contributed by atoms with Crippen molar-refractivity contribution < 1.29 is 9.34 Å². The second-order valence-corrected chi connectivity index (χ2v) is 8.05. The van der Waals surface area contributed by atoms with Gasteiger partial charge in [0.15, 0.2) is 0 Å². The van der Waals surface area contributed by atoms with E-state index in [9.17, 15) is 10.1 Å². The van der Waals surface area contributed by atoms with Crippen molar-refractivity contribution in [1.82, 2.24) is 4.58 Å². The van der Waals surface area contributed by atoms with E-state index in [4.69, 9.17) is 10.2 Å². The van der Waals surface area contributed by atoms with Crippen molar-refractivity contribution in [3.05, 3.63) is 69.6 Å². The Morgan fingerprint density at radius 1 is 1.00 bits per heavy atom. The molecule has 1 heterocycles. The van der Waals surface area contributed by atoms with Crippen molar-refractivity contribution in [3.8, 4) is 22.5 Å². The Labute approximate surface area is 180 Å². The first kappa shape index (κ1) is 20.4. The van der Waals surface area contributed by atoms with Gasteiger partial charge in [0, 0.05) is 54.5 Å². The number of hydrogen-bond donors (Lipinski definition) is 1. The maximum atomic E-state index is 11.4. The van der Waals surface area contributed by atoms with Crippen LogP contribution in [0, 0.1) is 17.0 Å². The molecule has 0 unspecified atom stereocenters. The van der Waals surface area contributed by atoms with E-state index in [2.05, 4.69) is 0 Å². The largest absolute Gasteiger partial charge is 0.456 e. The zero-order valence-corrected chi connectivity index (χ0v) is 18.3. The molecule has 0 saturated carbocycles. The van der Waals surface area contributed by atoms with Crippen LogP contribution in [0.2, 0.25) is 0 Å². The number of fused-ring (bicyclic) bond motifs is 2. The molecule has 7 nitrogen and oxygen atoms in total.